The van der Waals surface area contributed by atoms with Crippen LogP contribution in [-0.4, -0.2) is 6.54 Å². The zero-order chi connectivity index (χ0) is 13.1. The summed E-state index contributed by atoms with van der Waals surface area (Å²) in [5, 5.41) is 3.64. The Morgan fingerprint density at radius 1 is 1.22 bits per heavy atom. The van der Waals surface area contributed by atoms with Crippen LogP contribution in [0.25, 0.3) is 0 Å². The van der Waals surface area contributed by atoms with Gasteiger partial charge in [-0.1, -0.05) is 6.92 Å². The molecule has 1 nitrogen and oxygen atoms in total. The van der Waals surface area contributed by atoms with Crippen LogP contribution in [0.5, 0.6) is 0 Å². The van der Waals surface area contributed by atoms with Crippen LogP contribution in [0.4, 0.5) is 0 Å². The molecule has 0 aromatic carbocycles. The van der Waals surface area contributed by atoms with Crippen LogP contribution >= 0.6 is 54.5 Å². The molecule has 0 amide bonds. The van der Waals surface area contributed by atoms with Crippen LogP contribution in [0.2, 0.25) is 0 Å². The molecule has 1 N–H and O–H groups in total. The van der Waals surface area contributed by atoms with Crippen molar-refractivity contribution in [2.24, 2.45) is 0 Å². The highest BCUT2D eigenvalue weighted by Crippen LogP contribution is 2.37. The summed E-state index contributed by atoms with van der Waals surface area (Å²) >= 11 is 10.8. The molecule has 1 unspecified atom stereocenters. The monoisotopic (exact) mass is 407 g/mol. The van der Waals surface area contributed by atoms with E-state index in [4.69, 9.17) is 0 Å². The standard InChI is InChI=1S/C13H15Br2NS2/c1-3-6-16-12(9-4-5-11(14)17-9)10-7-8(2)13(15)18-10/h4-5,7,12,16H,3,6H2,1-2H3. The van der Waals surface area contributed by atoms with Crippen molar-refractivity contribution in [3.05, 3.63) is 41.1 Å². The van der Waals surface area contributed by atoms with E-state index in [9.17, 15) is 0 Å². The molecule has 2 aromatic heterocycles. The first-order valence-electron chi connectivity index (χ1n) is 5.86. The van der Waals surface area contributed by atoms with Crippen molar-refractivity contribution >= 4 is 54.5 Å². The number of hydrogen-bond donors (Lipinski definition) is 1. The van der Waals surface area contributed by atoms with E-state index in [0.29, 0.717) is 6.04 Å². The number of rotatable bonds is 5. The second-order valence-electron chi connectivity index (χ2n) is 4.13. The molecule has 0 aliphatic rings. The lowest BCUT2D eigenvalue weighted by Crippen LogP contribution is -2.21. The van der Waals surface area contributed by atoms with Gasteiger partial charge in [-0.05, 0) is 75.5 Å². The molecule has 1 atom stereocenters. The summed E-state index contributed by atoms with van der Waals surface area (Å²) in [6.07, 6.45) is 1.15. The average molecular weight is 409 g/mol. The molecule has 2 heterocycles. The predicted octanol–water partition coefficient (Wildman–Crippen LogP) is 5.73. The van der Waals surface area contributed by atoms with Gasteiger partial charge in [-0.15, -0.1) is 22.7 Å². The van der Waals surface area contributed by atoms with Gasteiger partial charge in [-0.3, -0.25) is 0 Å². The third-order valence-corrected chi connectivity index (χ3v) is 6.53. The van der Waals surface area contributed by atoms with Gasteiger partial charge in [0.15, 0.2) is 0 Å². The maximum Gasteiger partial charge on any atom is 0.0765 e. The second kappa shape index (κ2) is 6.66. The number of nitrogens with one attached hydrogen (secondary N) is 1. The molecule has 2 aromatic rings. The molecule has 18 heavy (non-hydrogen) atoms. The highest BCUT2D eigenvalue weighted by molar-refractivity contribution is 9.11. The summed E-state index contributed by atoms with van der Waals surface area (Å²) in [6.45, 7) is 5.38. The Bertz CT molecular complexity index is 499. The van der Waals surface area contributed by atoms with Crippen LogP contribution in [0.1, 0.15) is 34.7 Å². The summed E-state index contributed by atoms with van der Waals surface area (Å²) < 4.78 is 2.42. The zero-order valence-corrected chi connectivity index (χ0v) is 15.1. The van der Waals surface area contributed by atoms with Gasteiger partial charge in [0.1, 0.15) is 0 Å². The zero-order valence-electron chi connectivity index (χ0n) is 10.3. The molecule has 0 spiro atoms. The molecular weight excluding hydrogens is 394 g/mol. The highest BCUT2D eigenvalue weighted by atomic mass is 79.9. The molecular formula is C13H15Br2NS2. The van der Waals surface area contributed by atoms with Crippen LogP contribution in [0, 0.1) is 6.92 Å². The lowest BCUT2D eigenvalue weighted by molar-refractivity contribution is 0.613. The van der Waals surface area contributed by atoms with Crippen LogP contribution in [0.15, 0.2) is 25.8 Å². The predicted molar refractivity (Wildman–Crippen MR) is 88.9 cm³/mol. The summed E-state index contributed by atoms with van der Waals surface area (Å²) in [7, 11) is 0. The number of halogens is 2. The summed E-state index contributed by atoms with van der Waals surface area (Å²) in [6, 6.07) is 6.91. The van der Waals surface area contributed by atoms with E-state index in [2.05, 4.69) is 69.2 Å². The third-order valence-electron chi connectivity index (χ3n) is 2.64. The SMILES string of the molecule is CCCNC(c1ccc(Br)s1)c1cc(C)c(Br)s1. The summed E-state index contributed by atoms with van der Waals surface area (Å²) in [5.41, 5.74) is 1.31. The average Bonchev–Trinajstić information content (AvgIpc) is 2.88. The fourth-order valence-electron chi connectivity index (χ4n) is 1.74. The molecule has 98 valence electrons. The third kappa shape index (κ3) is 3.45. The van der Waals surface area contributed by atoms with E-state index in [-0.39, 0.29) is 0 Å². The number of thiophene rings is 2. The van der Waals surface area contributed by atoms with E-state index in [0.717, 1.165) is 13.0 Å². The number of hydrogen-bond acceptors (Lipinski definition) is 3. The van der Waals surface area contributed by atoms with E-state index in [1.807, 2.05) is 11.3 Å². The Hall–Kier alpha value is 0.320. The topological polar surface area (TPSA) is 12.0 Å². The maximum atomic E-state index is 3.64. The lowest BCUT2D eigenvalue weighted by Gasteiger charge is -2.15. The smallest absolute Gasteiger partial charge is 0.0765 e. The van der Waals surface area contributed by atoms with E-state index in [1.165, 1.54) is 22.9 Å². The lowest BCUT2D eigenvalue weighted by atomic mass is 10.2. The fraction of sp³-hybridized carbons (Fsp3) is 0.385. The summed E-state index contributed by atoms with van der Waals surface area (Å²) in [5.74, 6) is 0. The summed E-state index contributed by atoms with van der Waals surface area (Å²) in [4.78, 5) is 2.74. The van der Waals surface area contributed by atoms with Crippen molar-refractivity contribution in [3.63, 3.8) is 0 Å². The normalized spacial score (nSPS) is 12.9. The first-order chi connectivity index (χ1) is 8.61. The van der Waals surface area contributed by atoms with Crippen LogP contribution in [-0.2, 0) is 0 Å². The van der Waals surface area contributed by atoms with Crippen molar-refractivity contribution < 1.29 is 0 Å². The van der Waals surface area contributed by atoms with Gasteiger partial charge >= 0.3 is 0 Å². The van der Waals surface area contributed by atoms with Crippen molar-refractivity contribution in [1.82, 2.24) is 5.32 Å². The van der Waals surface area contributed by atoms with E-state index in [1.54, 1.807) is 11.3 Å². The van der Waals surface area contributed by atoms with Crippen molar-refractivity contribution in [2.75, 3.05) is 6.54 Å². The molecule has 2 rings (SSSR count). The first kappa shape index (κ1) is 14.7. The molecule has 0 bridgehead atoms. The second-order valence-corrected chi connectivity index (χ2v) is 9.03. The van der Waals surface area contributed by atoms with Gasteiger partial charge in [0, 0.05) is 9.75 Å². The Kier molecular flexibility index (Phi) is 5.45. The quantitative estimate of drug-likeness (QED) is 0.665. The van der Waals surface area contributed by atoms with Gasteiger partial charge < -0.3 is 5.32 Å². The first-order valence-corrected chi connectivity index (χ1v) is 9.08. The van der Waals surface area contributed by atoms with Crippen LogP contribution < -0.4 is 5.32 Å². The minimum absolute atomic E-state index is 0.316. The molecule has 0 radical (unpaired) electrons. The Morgan fingerprint density at radius 3 is 2.50 bits per heavy atom. The highest BCUT2D eigenvalue weighted by Gasteiger charge is 2.18. The minimum Gasteiger partial charge on any atom is -0.305 e. The van der Waals surface area contributed by atoms with Crippen molar-refractivity contribution in [1.29, 1.82) is 0 Å². The van der Waals surface area contributed by atoms with Gasteiger partial charge in [0.05, 0.1) is 13.6 Å². The largest absolute Gasteiger partial charge is 0.305 e. The molecule has 0 aliphatic carbocycles. The Morgan fingerprint density at radius 2 is 2.00 bits per heavy atom. The number of aryl methyl sites for hydroxylation is 1. The Balaban J connectivity index is 2.30. The van der Waals surface area contributed by atoms with E-state index >= 15 is 0 Å². The fourth-order valence-corrected chi connectivity index (χ4v) is 5.00. The van der Waals surface area contributed by atoms with Crippen molar-refractivity contribution in [2.45, 2.75) is 26.3 Å². The molecule has 5 heteroatoms. The van der Waals surface area contributed by atoms with Gasteiger partial charge in [0.2, 0.25) is 0 Å². The maximum absolute atomic E-state index is 3.64. The van der Waals surface area contributed by atoms with Gasteiger partial charge in [0.25, 0.3) is 0 Å². The molecule has 0 saturated carbocycles. The minimum atomic E-state index is 0.316. The molecule has 0 aliphatic heterocycles. The molecule has 0 fully saturated rings. The molecule has 0 saturated heterocycles. The van der Waals surface area contributed by atoms with Crippen LogP contribution in [0.3, 0.4) is 0 Å². The van der Waals surface area contributed by atoms with Gasteiger partial charge in [-0.2, -0.15) is 0 Å². The Labute approximate surface area is 133 Å². The van der Waals surface area contributed by atoms with E-state index < -0.39 is 0 Å². The van der Waals surface area contributed by atoms with Crippen molar-refractivity contribution in [3.8, 4) is 0 Å². The van der Waals surface area contributed by atoms with Gasteiger partial charge in [-0.25, -0.2) is 0 Å².